The molecule has 0 unspecified atom stereocenters. The van der Waals surface area contributed by atoms with Crippen molar-refractivity contribution in [2.45, 2.75) is 3.79 Å². The van der Waals surface area contributed by atoms with Crippen LogP contribution in [0.2, 0.25) is 0 Å². The summed E-state index contributed by atoms with van der Waals surface area (Å²) in [5, 5.41) is 3.52. The van der Waals surface area contributed by atoms with Crippen molar-refractivity contribution in [3.63, 3.8) is 0 Å². The maximum absolute atomic E-state index is 5.58. The van der Waals surface area contributed by atoms with Gasteiger partial charge in [0.2, 0.25) is 3.79 Å². The van der Waals surface area contributed by atoms with Gasteiger partial charge in [0, 0.05) is 0 Å². The molecule has 0 spiro atoms. The van der Waals surface area contributed by atoms with Crippen LogP contribution in [0.5, 0.6) is 0 Å². The first kappa shape index (κ1) is 9.75. The van der Waals surface area contributed by atoms with Crippen molar-refractivity contribution in [2.75, 3.05) is 0 Å². The number of halogens is 5. The molecule has 1 aliphatic rings. The van der Waals surface area contributed by atoms with Crippen LogP contribution in [-0.4, -0.2) is 8.96 Å². The molecule has 2 nitrogen and oxygen atoms in total. The Morgan fingerprint density at radius 2 is 1.64 bits per heavy atom. The lowest BCUT2D eigenvalue weighted by Crippen LogP contribution is -2.12. The molecule has 0 aromatic rings. The molecule has 1 rings (SSSR count). The van der Waals surface area contributed by atoms with Crippen LogP contribution >= 0.6 is 58.0 Å². The highest BCUT2D eigenvalue weighted by atomic mass is 35.6. The zero-order chi connectivity index (χ0) is 8.65. The summed E-state index contributed by atoms with van der Waals surface area (Å²) < 4.78 is -1.67. The standard InChI is InChI=1S/C4Cl5N2/c5-1-2(4(7,8)9)10-11-3(1)6. The van der Waals surface area contributed by atoms with E-state index in [1.54, 1.807) is 0 Å². The topological polar surface area (TPSA) is 26.5 Å². The third kappa shape index (κ3) is 2.07. The number of rotatable bonds is 0. The average Bonchev–Trinajstić information content (AvgIpc) is 2.11. The number of nitrogens with zero attached hydrogens (tertiary/aromatic N) is 2. The molecule has 1 radical (unpaired) electrons. The van der Waals surface area contributed by atoms with Gasteiger partial charge in [0.1, 0.15) is 10.7 Å². The second kappa shape index (κ2) is 3.19. The summed E-state index contributed by atoms with van der Waals surface area (Å²) >= 11 is 27.4. The maximum Gasteiger partial charge on any atom is 0.235 e. The van der Waals surface area contributed by atoms with Gasteiger partial charge in [-0.15, -0.1) is 10.5 Å². The number of hydrogen-bond donors (Lipinski definition) is 0. The maximum atomic E-state index is 5.58. The van der Waals surface area contributed by atoms with Crippen LogP contribution in [0.4, 0.5) is 0 Å². The molecular formula is C4Cl5N2. The molecule has 0 atom stereocenters. The van der Waals surface area contributed by atoms with E-state index < -0.39 is 3.79 Å². The van der Waals surface area contributed by atoms with Crippen LogP contribution in [0, 0.1) is 0 Å². The lowest BCUT2D eigenvalue weighted by Gasteiger charge is -2.09. The fraction of sp³-hybridized carbons (Fsp3) is 0.250. The minimum Gasteiger partial charge on any atom is -0.148 e. The zero-order valence-corrected chi connectivity index (χ0v) is 8.56. The minimum absolute atomic E-state index is 0.0352. The van der Waals surface area contributed by atoms with E-state index in [2.05, 4.69) is 10.5 Å². The largest absolute Gasteiger partial charge is 0.235 e. The van der Waals surface area contributed by atoms with E-state index >= 15 is 0 Å². The second-order valence-electron chi connectivity index (χ2n) is 1.65. The summed E-state index contributed by atoms with van der Waals surface area (Å²) in [7, 11) is 0. The highest BCUT2D eigenvalue weighted by molar-refractivity contribution is 6.77. The van der Waals surface area contributed by atoms with Gasteiger partial charge in [-0.2, -0.15) is 0 Å². The molecular weight excluding hydrogens is 253 g/mol. The Morgan fingerprint density at radius 1 is 1.09 bits per heavy atom. The van der Waals surface area contributed by atoms with Gasteiger partial charge < -0.3 is 0 Å². The molecule has 0 N–H and O–H groups in total. The highest BCUT2D eigenvalue weighted by Crippen LogP contribution is 2.39. The summed E-state index contributed by atoms with van der Waals surface area (Å²) in [6, 6.07) is 0. The monoisotopic (exact) mass is 251 g/mol. The number of hydrogen-bond acceptors (Lipinski definition) is 1. The predicted molar refractivity (Wildman–Crippen MR) is 48.6 cm³/mol. The van der Waals surface area contributed by atoms with Gasteiger partial charge >= 0.3 is 0 Å². The third-order valence-corrected chi connectivity index (χ3v) is 2.15. The first-order chi connectivity index (χ1) is 4.93. The molecule has 0 aromatic carbocycles. The van der Waals surface area contributed by atoms with Gasteiger partial charge in [-0.25, -0.2) is 0 Å². The quantitative estimate of drug-likeness (QED) is 0.593. The van der Waals surface area contributed by atoms with Crippen LogP contribution in [-0.2, 0) is 0 Å². The molecule has 1 heterocycles. The molecule has 61 valence electrons. The third-order valence-electron chi connectivity index (χ3n) is 0.895. The lowest BCUT2D eigenvalue weighted by atomic mass is 10.5. The molecule has 0 fully saturated rings. The summed E-state index contributed by atoms with van der Waals surface area (Å²) in [6.07, 6.45) is 0. The van der Waals surface area contributed by atoms with E-state index in [-0.39, 0.29) is 15.9 Å². The van der Waals surface area contributed by atoms with Gasteiger partial charge in [-0.3, -0.25) is 0 Å². The first-order valence-corrected chi connectivity index (χ1v) is 4.23. The van der Waals surface area contributed by atoms with Gasteiger partial charge in [0.25, 0.3) is 0 Å². The van der Waals surface area contributed by atoms with Gasteiger partial charge in [0.05, 0.1) is 0 Å². The Hall–Kier alpha value is 0.660. The van der Waals surface area contributed by atoms with E-state index in [1.165, 1.54) is 0 Å². The van der Waals surface area contributed by atoms with Crippen LogP contribution in [0.1, 0.15) is 0 Å². The molecule has 0 saturated heterocycles. The van der Waals surface area contributed by atoms with Crippen molar-refractivity contribution in [3.05, 3.63) is 10.7 Å². The van der Waals surface area contributed by atoms with Gasteiger partial charge in [-0.1, -0.05) is 58.0 Å². The van der Waals surface area contributed by atoms with E-state index in [4.69, 9.17) is 58.0 Å². The van der Waals surface area contributed by atoms with Crippen LogP contribution in [0.25, 0.3) is 0 Å². The Labute approximate surface area is 88.1 Å². The normalized spacial score (nSPS) is 18.5. The second-order valence-corrected chi connectivity index (χ2v) is 4.67. The molecule has 7 heteroatoms. The summed E-state index contributed by atoms with van der Waals surface area (Å²) in [5.41, 5.74) is 3.53. The van der Waals surface area contributed by atoms with Crippen LogP contribution < -0.4 is 5.43 Å². The van der Waals surface area contributed by atoms with Crippen molar-refractivity contribution in [2.24, 2.45) is 5.10 Å². The molecule has 0 amide bonds. The summed E-state index contributed by atoms with van der Waals surface area (Å²) in [6.45, 7) is 0. The SMILES string of the molecule is ClC1=N[N]C(C(Cl)(Cl)Cl)=C1Cl. The number of alkyl halides is 3. The van der Waals surface area contributed by atoms with Crippen LogP contribution in [0.15, 0.2) is 15.8 Å². The molecule has 0 saturated carbocycles. The van der Waals surface area contributed by atoms with E-state index in [0.29, 0.717) is 0 Å². The minimum atomic E-state index is -1.67. The smallest absolute Gasteiger partial charge is 0.148 e. The Kier molecular flexibility index (Phi) is 2.83. The predicted octanol–water partition coefficient (Wildman–Crippen LogP) is 2.98. The summed E-state index contributed by atoms with van der Waals surface area (Å²) in [5.74, 6) is 0. The van der Waals surface area contributed by atoms with Crippen molar-refractivity contribution < 1.29 is 0 Å². The first-order valence-electron chi connectivity index (χ1n) is 2.34. The van der Waals surface area contributed by atoms with Crippen molar-refractivity contribution in [1.82, 2.24) is 5.43 Å². The number of allylic oxidation sites excluding steroid dienone is 2. The molecule has 1 aliphatic heterocycles. The van der Waals surface area contributed by atoms with Crippen molar-refractivity contribution in [1.29, 1.82) is 0 Å². The Balaban J connectivity index is 2.95. The average molecular weight is 253 g/mol. The Bertz CT molecular complexity index is 237. The van der Waals surface area contributed by atoms with Crippen molar-refractivity contribution >= 4 is 63.2 Å². The zero-order valence-electron chi connectivity index (χ0n) is 4.78. The van der Waals surface area contributed by atoms with E-state index in [9.17, 15) is 0 Å². The molecule has 0 aliphatic carbocycles. The van der Waals surface area contributed by atoms with Crippen LogP contribution in [0.3, 0.4) is 0 Å². The Morgan fingerprint density at radius 3 is 1.82 bits per heavy atom. The highest BCUT2D eigenvalue weighted by Gasteiger charge is 2.35. The lowest BCUT2D eigenvalue weighted by molar-refractivity contribution is 0.866. The van der Waals surface area contributed by atoms with E-state index in [0.717, 1.165) is 0 Å². The van der Waals surface area contributed by atoms with Gasteiger partial charge in [0.15, 0.2) is 5.17 Å². The molecule has 11 heavy (non-hydrogen) atoms. The molecule has 0 bridgehead atoms. The van der Waals surface area contributed by atoms with E-state index in [1.807, 2.05) is 0 Å². The molecule has 0 aromatic heterocycles. The summed E-state index contributed by atoms with van der Waals surface area (Å²) in [4.78, 5) is 0. The fourth-order valence-corrected chi connectivity index (χ4v) is 1.35. The fourth-order valence-electron chi connectivity index (χ4n) is 0.461. The van der Waals surface area contributed by atoms with Crippen molar-refractivity contribution in [3.8, 4) is 0 Å². The van der Waals surface area contributed by atoms with Gasteiger partial charge in [-0.05, 0) is 0 Å².